The van der Waals surface area contributed by atoms with E-state index < -0.39 is 24.3 Å². The van der Waals surface area contributed by atoms with Gasteiger partial charge >= 0.3 is 6.09 Å². The van der Waals surface area contributed by atoms with Crippen molar-refractivity contribution in [2.24, 2.45) is 0 Å². The van der Waals surface area contributed by atoms with E-state index in [1.54, 1.807) is 0 Å². The first kappa shape index (κ1) is 10.4. The normalized spacial score (nSPS) is 30.1. The highest BCUT2D eigenvalue weighted by Gasteiger charge is 2.48. The molecule has 2 aliphatic heterocycles. The lowest BCUT2D eigenvalue weighted by Crippen LogP contribution is -2.47. The van der Waals surface area contributed by atoms with E-state index in [0.717, 1.165) is 4.90 Å². The summed E-state index contributed by atoms with van der Waals surface area (Å²) < 4.78 is 9.76. The number of halogens is 1. The van der Waals surface area contributed by atoms with Crippen LogP contribution in [0.15, 0.2) is 0 Å². The number of imide groups is 1. The Kier molecular flexibility index (Phi) is 2.62. The van der Waals surface area contributed by atoms with Crippen LogP contribution in [0.25, 0.3) is 0 Å². The molecular formula is C8H8ClNO5. The molecule has 6 nitrogen and oxygen atoms in total. The van der Waals surface area contributed by atoms with Crippen LogP contribution in [-0.2, 0) is 19.1 Å². The number of rotatable bonds is 1. The van der Waals surface area contributed by atoms with Crippen molar-refractivity contribution in [1.82, 2.24) is 4.90 Å². The summed E-state index contributed by atoms with van der Waals surface area (Å²) >= 11 is 5.34. The van der Waals surface area contributed by atoms with Gasteiger partial charge in [0.15, 0.2) is 5.78 Å². The summed E-state index contributed by atoms with van der Waals surface area (Å²) in [7, 11) is 0. The number of alkyl halides is 1. The highest BCUT2D eigenvalue weighted by molar-refractivity contribution is 6.28. The van der Waals surface area contributed by atoms with Crippen LogP contribution in [0.3, 0.4) is 0 Å². The smallest absolute Gasteiger partial charge is 0.417 e. The van der Waals surface area contributed by atoms with E-state index in [0.29, 0.717) is 0 Å². The minimum Gasteiger partial charge on any atom is -0.417 e. The van der Waals surface area contributed by atoms with Gasteiger partial charge in [0, 0.05) is 6.42 Å². The van der Waals surface area contributed by atoms with E-state index in [4.69, 9.17) is 21.1 Å². The fourth-order valence-corrected chi connectivity index (χ4v) is 1.77. The second kappa shape index (κ2) is 3.79. The molecule has 82 valence electrons. The van der Waals surface area contributed by atoms with Crippen molar-refractivity contribution in [2.75, 3.05) is 12.5 Å². The van der Waals surface area contributed by atoms with E-state index in [1.807, 2.05) is 0 Å². The van der Waals surface area contributed by atoms with Gasteiger partial charge in [-0.25, -0.2) is 9.69 Å². The molecule has 0 aliphatic carbocycles. The van der Waals surface area contributed by atoms with Crippen LogP contribution in [0.2, 0.25) is 0 Å². The standard InChI is InChI=1S/C8H8ClNO5/c9-2-6(12)10-5-1-4(11)3-14-7(5)15-8(10)13/h5,7H,1-3H2. The number of ether oxygens (including phenoxy) is 2. The third-order valence-corrected chi connectivity index (χ3v) is 2.52. The molecule has 0 aromatic rings. The van der Waals surface area contributed by atoms with Gasteiger partial charge in [0.1, 0.15) is 18.5 Å². The second-order valence-corrected chi connectivity index (χ2v) is 3.54. The number of fused-ring (bicyclic) bond motifs is 1. The summed E-state index contributed by atoms with van der Waals surface area (Å²) in [6.45, 7) is -0.0860. The Bertz CT molecular complexity index is 331. The molecule has 2 saturated heterocycles. The van der Waals surface area contributed by atoms with Crippen LogP contribution in [0.5, 0.6) is 0 Å². The third kappa shape index (κ3) is 1.70. The lowest BCUT2D eigenvalue weighted by atomic mass is 10.1. The predicted octanol–water partition coefficient (Wildman–Crippen LogP) is -0.112. The molecule has 2 rings (SSSR count). The molecule has 15 heavy (non-hydrogen) atoms. The maximum atomic E-state index is 11.3. The minimum atomic E-state index is -0.831. The van der Waals surface area contributed by atoms with Gasteiger partial charge in [0.05, 0.1) is 0 Å². The Balaban J connectivity index is 2.19. The lowest BCUT2D eigenvalue weighted by Gasteiger charge is -2.25. The topological polar surface area (TPSA) is 72.9 Å². The van der Waals surface area contributed by atoms with Gasteiger partial charge < -0.3 is 9.47 Å². The Labute approximate surface area is 90.1 Å². The Morgan fingerprint density at radius 3 is 2.93 bits per heavy atom. The fourth-order valence-electron chi connectivity index (χ4n) is 1.64. The number of carbonyl (C=O) groups excluding carboxylic acids is 3. The summed E-state index contributed by atoms with van der Waals surface area (Å²) in [5, 5.41) is 0. The molecule has 0 spiro atoms. The lowest BCUT2D eigenvalue weighted by molar-refractivity contribution is -0.154. The SMILES string of the molecule is O=C1COC2OC(=O)N(C(=O)CCl)C2C1. The molecule has 2 heterocycles. The number of ketones is 1. The van der Waals surface area contributed by atoms with Crippen LogP contribution < -0.4 is 0 Å². The molecule has 0 aromatic heterocycles. The highest BCUT2D eigenvalue weighted by atomic mass is 35.5. The molecular weight excluding hydrogens is 226 g/mol. The van der Waals surface area contributed by atoms with Crippen LogP contribution in [-0.4, -0.2) is 47.5 Å². The number of hydrogen-bond acceptors (Lipinski definition) is 5. The Morgan fingerprint density at radius 1 is 1.53 bits per heavy atom. The van der Waals surface area contributed by atoms with Crippen molar-refractivity contribution in [3.8, 4) is 0 Å². The molecule has 2 aliphatic rings. The summed E-state index contributed by atoms with van der Waals surface area (Å²) in [6.07, 6.45) is -1.56. The molecule has 0 aromatic carbocycles. The van der Waals surface area contributed by atoms with Gasteiger partial charge in [-0.2, -0.15) is 0 Å². The van der Waals surface area contributed by atoms with E-state index in [1.165, 1.54) is 0 Å². The monoisotopic (exact) mass is 233 g/mol. The Morgan fingerprint density at radius 2 is 2.27 bits per heavy atom. The number of hydrogen-bond donors (Lipinski definition) is 0. The van der Waals surface area contributed by atoms with Crippen LogP contribution in [0, 0.1) is 0 Å². The number of amides is 2. The quantitative estimate of drug-likeness (QED) is 0.591. The van der Waals surface area contributed by atoms with Crippen molar-refractivity contribution in [2.45, 2.75) is 18.8 Å². The average molecular weight is 234 g/mol. The van der Waals surface area contributed by atoms with E-state index in [-0.39, 0.29) is 24.7 Å². The van der Waals surface area contributed by atoms with Gasteiger partial charge in [-0.3, -0.25) is 9.59 Å². The highest BCUT2D eigenvalue weighted by Crippen LogP contribution is 2.26. The van der Waals surface area contributed by atoms with Crippen molar-refractivity contribution in [1.29, 1.82) is 0 Å². The summed E-state index contributed by atoms with van der Waals surface area (Å²) in [6, 6.07) is -0.662. The zero-order chi connectivity index (χ0) is 11.0. The van der Waals surface area contributed by atoms with E-state index in [2.05, 4.69) is 0 Å². The van der Waals surface area contributed by atoms with E-state index >= 15 is 0 Å². The van der Waals surface area contributed by atoms with Crippen molar-refractivity contribution >= 4 is 29.4 Å². The first-order valence-electron chi connectivity index (χ1n) is 4.35. The molecule has 7 heteroatoms. The number of nitrogens with zero attached hydrogens (tertiary/aromatic N) is 1. The number of Topliss-reactive ketones (excluding diaryl/α,β-unsaturated/α-hetero) is 1. The van der Waals surface area contributed by atoms with Gasteiger partial charge in [0.25, 0.3) is 0 Å². The molecule has 2 amide bonds. The van der Waals surface area contributed by atoms with Crippen molar-refractivity contribution in [3.63, 3.8) is 0 Å². The molecule has 2 unspecified atom stereocenters. The first-order chi connectivity index (χ1) is 7.13. The first-order valence-corrected chi connectivity index (χ1v) is 4.89. The summed E-state index contributed by atoms with van der Waals surface area (Å²) in [5.41, 5.74) is 0. The average Bonchev–Trinajstić information content (AvgIpc) is 2.52. The van der Waals surface area contributed by atoms with Gasteiger partial charge in [0.2, 0.25) is 12.2 Å². The molecule has 2 fully saturated rings. The zero-order valence-corrected chi connectivity index (χ0v) is 8.40. The molecule has 0 N–H and O–H groups in total. The molecule has 0 radical (unpaired) electrons. The van der Waals surface area contributed by atoms with Crippen molar-refractivity contribution < 1.29 is 23.9 Å². The molecule has 2 atom stereocenters. The van der Waals surface area contributed by atoms with E-state index in [9.17, 15) is 14.4 Å². The van der Waals surface area contributed by atoms with Crippen molar-refractivity contribution in [3.05, 3.63) is 0 Å². The largest absolute Gasteiger partial charge is 0.419 e. The maximum Gasteiger partial charge on any atom is 0.419 e. The van der Waals surface area contributed by atoms with Gasteiger partial charge in [-0.1, -0.05) is 0 Å². The maximum absolute atomic E-state index is 11.3. The molecule has 0 bridgehead atoms. The third-order valence-electron chi connectivity index (χ3n) is 2.29. The zero-order valence-electron chi connectivity index (χ0n) is 7.64. The number of carbonyl (C=O) groups is 3. The van der Waals surface area contributed by atoms with Crippen LogP contribution in [0.4, 0.5) is 4.79 Å². The summed E-state index contributed by atoms with van der Waals surface area (Å²) in [5.74, 6) is -1.07. The fraction of sp³-hybridized carbons (Fsp3) is 0.625. The minimum absolute atomic E-state index is 0.0685. The molecule has 0 saturated carbocycles. The Hall–Kier alpha value is -1.14. The predicted molar refractivity (Wildman–Crippen MR) is 47.2 cm³/mol. The van der Waals surface area contributed by atoms with Gasteiger partial charge in [-0.05, 0) is 0 Å². The van der Waals surface area contributed by atoms with Gasteiger partial charge in [-0.15, -0.1) is 11.6 Å². The van der Waals surface area contributed by atoms with Crippen LogP contribution in [0.1, 0.15) is 6.42 Å². The second-order valence-electron chi connectivity index (χ2n) is 3.27. The van der Waals surface area contributed by atoms with Crippen LogP contribution >= 0.6 is 11.6 Å². The summed E-state index contributed by atoms with van der Waals surface area (Å²) in [4.78, 5) is 34.6.